The summed E-state index contributed by atoms with van der Waals surface area (Å²) in [5, 5.41) is 3.16. The fourth-order valence-corrected chi connectivity index (χ4v) is 1.55. The van der Waals surface area contributed by atoms with Crippen LogP contribution in [-0.4, -0.2) is 18.3 Å². The highest BCUT2D eigenvalue weighted by Gasteiger charge is 2.16. The number of halogens is 1. The number of hydrogen-bond donors (Lipinski definition) is 1. The first kappa shape index (κ1) is 15.2. The molecule has 0 heterocycles. The van der Waals surface area contributed by atoms with Gasteiger partial charge in [0.25, 0.3) is 5.91 Å². The predicted octanol–water partition coefficient (Wildman–Crippen LogP) is 3.10. The van der Waals surface area contributed by atoms with Gasteiger partial charge in [-0.05, 0) is 38.5 Å². The van der Waals surface area contributed by atoms with Crippen molar-refractivity contribution in [2.75, 3.05) is 11.9 Å². The van der Waals surface area contributed by atoms with E-state index in [0.717, 1.165) is 5.56 Å². The Morgan fingerprint density at radius 1 is 1.42 bits per heavy atom. The van der Waals surface area contributed by atoms with Crippen LogP contribution in [-0.2, 0) is 14.3 Å². The molecule has 0 aliphatic rings. The van der Waals surface area contributed by atoms with E-state index < -0.39 is 5.91 Å². The largest absolute Gasteiger partial charge is 0.501 e. The van der Waals surface area contributed by atoms with Gasteiger partial charge in [0.05, 0.1) is 12.9 Å². The van der Waals surface area contributed by atoms with E-state index in [4.69, 9.17) is 16.3 Å². The van der Waals surface area contributed by atoms with Gasteiger partial charge in [0.15, 0.2) is 5.78 Å². The third-order valence-corrected chi connectivity index (χ3v) is 2.67. The molecule has 4 nitrogen and oxygen atoms in total. The third-order valence-electron chi connectivity index (χ3n) is 2.44. The Bertz CT molecular complexity index is 523. The number of aryl methyl sites for hydroxylation is 1. The first-order valence-electron chi connectivity index (χ1n) is 5.86. The van der Waals surface area contributed by atoms with E-state index >= 15 is 0 Å². The summed E-state index contributed by atoms with van der Waals surface area (Å²) in [6.45, 7) is 5.31. The van der Waals surface area contributed by atoms with Gasteiger partial charge < -0.3 is 10.1 Å². The lowest BCUT2D eigenvalue weighted by Crippen LogP contribution is -2.20. The van der Waals surface area contributed by atoms with Crippen molar-refractivity contribution in [1.82, 2.24) is 0 Å². The van der Waals surface area contributed by atoms with E-state index in [1.54, 1.807) is 25.1 Å². The standard InChI is InChI=1S/C14H16ClNO3/c1-4-19-8-12(10(3)17)14(18)16-13-7-11(15)6-5-9(13)2/h5-8H,4H2,1-3H3,(H,16,18). The molecule has 0 atom stereocenters. The molecular weight excluding hydrogens is 266 g/mol. The lowest BCUT2D eigenvalue weighted by Gasteiger charge is -2.09. The number of nitrogens with one attached hydrogen (secondary N) is 1. The molecule has 1 aromatic rings. The summed E-state index contributed by atoms with van der Waals surface area (Å²) in [6, 6.07) is 5.15. The maximum atomic E-state index is 12.0. The highest BCUT2D eigenvalue weighted by atomic mass is 35.5. The van der Waals surface area contributed by atoms with Crippen LogP contribution in [0.5, 0.6) is 0 Å². The molecule has 1 rings (SSSR count). The Labute approximate surface area is 117 Å². The van der Waals surface area contributed by atoms with E-state index in [1.165, 1.54) is 13.2 Å². The number of ether oxygens (including phenoxy) is 1. The van der Waals surface area contributed by atoms with Crippen LogP contribution < -0.4 is 5.32 Å². The normalized spacial score (nSPS) is 11.1. The molecule has 0 aliphatic carbocycles. The van der Waals surface area contributed by atoms with Gasteiger partial charge in [0.1, 0.15) is 5.57 Å². The summed E-state index contributed by atoms with van der Waals surface area (Å²) in [4.78, 5) is 23.4. The molecule has 0 saturated carbocycles. The molecule has 0 unspecified atom stereocenters. The Morgan fingerprint density at radius 3 is 2.68 bits per heavy atom. The summed E-state index contributed by atoms with van der Waals surface area (Å²) in [6.07, 6.45) is 1.18. The van der Waals surface area contributed by atoms with Crippen LogP contribution in [0.4, 0.5) is 5.69 Å². The van der Waals surface area contributed by atoms with Crippen molar-refractivity contribution in [3.05, 3.63) is 40.6 Å². The fourth-order valence-electron chi connectivity index (χ4n) is 1.38. The van der Waals surface area contributed by atoms with Gasteiger partial charge in [-0.1, -0.05) is 17.7 Å². The SMILES string of the molecule is CCOC=C(C(C)=O)C(=O)Nc1cc(Cl)ccc1C. The average molecular weight is 282 g/mol. The number of carbonyl (C=O) groups is 2. The van der Waals surface area contributed by atoms with Gasteiger partial charge in [0.2, 0.25) is 0 Å². The fraction of sp³-hybridized carbons (Fsp3) is 0.286. The predicted molar refractivity (Wildman–Crippen MR) is 75.2 cm³/mol. The van der Waals surface area contributed by atoms with Gasteiger partial charge >= 0.3 is 0 Å². The van der Waals surface area contributed by atoms with Gasteiger partial charge in [0, 0.05) is 10.7 Å². The van der Waals surface area contributed by atoms with E-state index in [0.29, 0.717) is 17.3 Å². The number of anilines is 1. The van der Waals surface area contributed by atoms with Crippen molar-refractivity contribution in [3.63, 3.8) is 0 Å². The maximum Gasteiger partial charge on any atom is 0.262 e. The molecule has 1 aromatic carbocycles. The second-order valence-corrected chi connectivity index (χ2v) is 4.39. The minimum absolute atomic E-state index is 0.0266. The molecule has 0 aromatic heterocycles. The lowest BCUT2D eigenvalue weighted by molar-refractivity contribution is -0.119. The van der Waals surface area contributed by atoms with Crippen LogP contribution >= 0.6 is 11.6 Å². The average Bonchev–Trinajstić information content (AvgIpc) is 2.34. The van der Waals surface area contributed by atoms with Crippen LogP contribution in [0.15, 0.2) is 30.0 Å². The van der Waals surface area contributed by atoms with Crippen molar-refractivity contribution < 1.29 is 14.3 Å². The number of amides is 1. The smallest absolute Gasteiger partial charge is 0.262 e. The molecule has 0 fully saturated rings. The third kappa shape index (κ3) is 4.41. The Morgan fingerprint density at radius 2 is 2.11 bits per heavy atom. The molecule has 19 heavy (non-hydrogen) atoms. The molecule has 1 amide bonds. The number of benzene rings is 1. The molecule has 0 bridgehead atoms. The van der Waals surface area contributed by atoms with E-state index in [9.17, 15) is 9.59 Å². The minimum atomic E-state index is -0.508. The van der Waals surface area contributed by atoms with Gasteiger partial charge in [-0.2, -0.15) is 0 Å². The zero-order chi connectivity index (χ0) is 14.4. The monoisotopic (exact) mass is 281 g/mol. The van der Waals surface area contributed by atoms with Crippen LogP contribution in [0.1, 0.15) is 19.4 Å². The summed E-state index contributed by atoms with van der Waals surface area (Å²) in [5.74, 6) is -0.864. The Balaban J connectivity index is 2.93. The summed E-state index contributed by atoms with van der Waals surface area (Å²) in [5.41, 5.74) is 1.40. The van der Waals surface area contributed by atoms with Gasteiger partial charge in [-0.3, -0.25) is 9.59 Å². The quantitative estimate of drug-likeness (QED) is 0.390. The topological polar surface area (TPSA) is 55.4 Å². The van der Waals surface area contributed by atoms with Crippen LogP contribution in [0, 0.1) is 6.92 Å². The summed E-state index contributed by atoms with van der Waals surface area (Å²) < 4.78 is 5.00. The van der Waals surface area contributed by atoms with Crippen LogP contribution in [0.2, 0.25) is 5.02 Å². The van der Waals surface area contributed by atoms with Crippen LogP contribution in [0.3, 0.4) is 0 Å². The molecule has 102 valence electrons. The van der Waals surface area contributed by atoms with Crippen molar-refractivity contribution in [3.8, 4) is 0 Å². The zero-order valence-electron chi connectivity index (χ0n) is 11.1. The molecular formula is C14H16ClNO3. The second-order valence-electron chi connectivity index (χ2n) is 3.96. The van der Waals surface area contributed by atoms with Crippen LogP contribution in [0.25, 0.3) is 0 Å². The molecule has 5 heteroatoms. The van der Waals surface area contributed by atoms with Crippen molar-refractivity contribution >= 4 is 29.0 Å². The number of ketones is 1. The second kappa shape index (κ2) is 6.95. The van der Waals surface area contributed by atoms with Gasteiger partial charge in [-0.15, -0.1) is 0 Å². The van der Waals surface area contributed by atoms with Crippen molar-refractivity contribution in [2.24, 2.45) is 0 Å². The highest BCUT2D eigenvalue weighted by Crippen LogP contribution is 2.20. The number of carbonyl (C=O) groups excluding carboxylic acids is 2. The Hall–Kier alpha value is -1.81. The first-order chi connectivity index (χ1) is 8.95. The lowest BCUT2D eigenvalue weighted by atomic mass is 10.1. The highest BCUT2D eigenvalue weighted by molar-refractivity contribution is 6.31. The number of hydrogen-bond acceptors (Lipinski definition) is 3. The molecule has 0 spiro atoms. The van der Waals surface area contributed by atoms with Crippen molar-refractivity contribution in [2.45, 2.75) is 20.8 Å². The van der Waals surface area contributed by atoms with Gasteiger partial charge in [-0.25, -0.2) is 0 Å². The number of Topliss-reactive ketones (excluding diaryl/α,β-unsaturated/α-hetero) is 1. The zero-order valence-corrected chi connectivity index (χ0v) is 11.9. The molecule has 0 radical (unpaired) electrons. The number of rotatable bonds is 5. The molecule has 0 aliphatic heterocycles. The maximum absolute atomic E-state index is 12.0. The molecule has 0 saturated heterocycles. The Kier molecular flexibility index (Phi) is 5.57. The minimum Gasteiger partial charge on any atom is -0.501 e. The van der Waals surface area contributed by atoms with E-state index in [1.807, 2.05) is 6.92 Å². The summed E-state index contributed by atoms with van der Waals surface area (Å²) in [7, 11) is 0. The van der Waals surface area contributed by atoms with E-state index in [2.05, 4.69) is 5.32 Å². The van der Waals surface area contributed by atoms with Crippen molar-refractivity contribution in [1.29, 1.82) is 0 Å². The first-order valence-corrected chi connectivity index (χ1v) is 6.23. The van der Waals surface area contributed by atoms with E-state index in [-0.39, 0.29) is 11.4 Å². The summed E-state index contributed by atoms with van der Waals surface area (Å²) >= 11 is 5.87. The molecule has 1 N–H and O–H groups in total.